The third-order valence-electron chi connectivity index (χ3n) is 1.30. The Hall–Kier alpha value is -1.36. The number of carbonyl (C=O) groups is 1. The van der Waals surface area contributed by atoms with Gasteiger partial charge >= 0.3 is 5.97 Å². The van der Waals surface area contributed by atoms with E-state index >= 15 is 0 Å². The van der Waals surface area contributed by atoms with Gasteiger partial charge in [-0.25, -0.2) is 4.79 Å². The number of hydrogen-bond acceptors (Lipinski definition) is 5. The van der Waals surface area contributed by atoms with Gasteiger partial charge in [-0.3, -0.25) is 0 Å². The molecule has 0 amide bonds. The molecule has 0 spiro atoms. The summed E-state index contributed by atoms with van der Waals surface area (Å²) in [5.41, 5.74) is 0.197. The Balaban J connectivity index is 2.70. The van der Waals surface area contributed by atoms with Gasteiger partial charge in [-0.2, -0.15) is 0 Å². The Kier molecular flexibility index (Phi) is 2.82. The summed E-state index contributed by atoms with van der Waals surface area (Å²) in [5, 5.41) is 6.38. The van der Waals surface area contributed by atoms with Crippen molar-refractivity contribution in [3.8, 4) is 0 Å². The molecule has 12 heavy (non-hydrogen) atoms. The largest absolute Gasteiger partial charge is 0.464 e. The number of rotatable bonds is 3. The predicted molar refractivity (Wildman–Crippen MR) is 40.6 cm³/mol. The number of aromatic nitrogens is 1. The van der Waals surface area contributed by atoms with E-state index in [1.54, 1.807) is 13.1 Å². The number of nitrogens with zero attached hydrogens (tertiary/aromatic N) is 1. The van der Waals surface area contributed by atoms with Crippen LogP contribution in [0.15, 0.2) is 10.6 Å². The van der Waals surface area contributed by atoms with Gasteiger partial charge in [0, 0.05) is 6.07 Å². The summed E-state index contributed by atoms with van der Waals surface area (Å²) in [7, 11) is 3.08. The maximum Gasteiger partial charge on any atom is 0.360 e. The number of hydrogen-bond donors (Lipinski definition) is 1. The molecule has 0 saturated heterocycles. The Bertz CT molecular complexity index is 269. The second kappa shape index (κ2) is 3.87. The molecule has 0 aliphatic heterocycles. The Morgan fingerprint density at radius 2 is 2.58 bits per heavy atom. The summed E-state index contributed by atoms with van der Waals surface area (Å²) in [6.45, 7) is 0.546. The minimum Gasteiger partial charge on any atom is -0.464 e. The van der Waals surface area contributed by atoms with Crippen LogP contribution in [0.5, 0.6) is 0 Å². The van der Waals surface area contributed by atoms with Crippen LogP contribution in [0.3, 0.4) is 0 Å². The maximum atomic E-state index is 10.9. The van der Waals surface area contributed by atoms with Crippen molar-refractivity contribution in [3.05, 3.63) is 17.5 Å². The molecule has 1 N–H and O–H groups in total. The summed E-state index contributed by atoms with van der Waals surface area (Å²) >= 11 is 0. The van der Waals surface area contributed by atoms with Gasteiger partial charge in [0.1, 0.15) is 0 Å². The summed E-state index contributed by atoms with van der Waals surface area (Å²) in [6.07, 6.45) is 0. The van der Waals surface area contributed by atoms with Gasteiger partial charge in [-0.15, -0.1) is 0 Å². The molecular weight excluding hydrogens is 160 g/mol. The fraction of sp³-hybridized carbons (Fsp3) is 0.429. The van der Waals surface area contributed by atoms with Crippen LogP contribution in [0.25, 0.3) is 0 Å². The average molecular weight is 170 g/mol. The molecule has 0 atom stereocenters. The molecule has 0 bridgehead atoms. The summed E-state index contributed by atoms with van der Waals surface area (Å²) < 4.78 is 9.26. The molecular formula is C7H10N2O3. The molecule has 1 aromatic heterocycles. The van der Waals surface area contributed by atoms with E-state index in [0.29, 0.717) is 12.3 Å². The lowest BCUT2D eigenvalue weighted by Crippen LogP contribution is -2.04. The fourth-order valence-electron chi connectivity index (χ4n) is 0.771. The maximum absolute atomic E-state index is 10.9. The standard InChI is InChI=1S/C7H10N2O3/c1-8-4-5-3-6(9-12-5)7(10)11-2/h3,8H,4H2,1-2H3. The third-order valence-corrected chi connectivity index (χ3v) is 1.30. The van der Waals surface area contributed by atoms with E-state index in [1.807, 2.05) is 0 Å². The molecule has 0 fully saturated rings. The number of nitrogens with one attached hydrogen (secondary N) is 1. The van der Waals surface area contributed by atoms with Gasteiger partial charge in [-0.05, 0) is 7.05 Å². The van der Waals surface area contributed by atoms with Crippen LogP contribution in [-0.2, 0) is 11.3 Å². The lowest BCUT2D eigenvalue weighted by Gasteiger charge is -1.89. The first-order valence-electron chi connectivity index (χ1n) is 3.46. The highest BCUT2D eigenvalue weighted by Crippen LogP contribution is 2.03. The molecule has 0 aliphatic rings. The number of esters is 1. The zero-order valence-corrected chi connectivity index (χ0v) is 6.96. The monoisotopic (exact) mass is 170 g/mol. The van der Waals surface area contributed by atoms with Crippen LogP contribution < -0.4 is 5.32 Å². The molecule has 0 aromatic carbocycles. The molecule has 5 nitrogen and oxygen atoms in total. The fourth-order valence-corrected chi connectivity index (χ4v) is 0.771. The van der Waals surface area contributed by atoms with Crippen molar-refractivity contribution in [2.24, 2.45) is 0 Å². The minimum atomic E-state index is -0.485. The van der Waals surface area contributed by atoms with E-state index < -0.39 is 5.97 Å². The van der Waals surface area contributed by atoms with Gasteiger partial charge in [-0.1, -0.05) is 5.16 Å². The van der Waals surface area contributed by atoms with Crippen molar-refractivity contribution in [3.63, 3.8) is 0 Å². The van der Waals surface area contributed by atoms with Gasteiger partial charge in [0.2, 0.25) is 0 Å². The van der Waals surface area contributed by atoms with E-state index in [4.69, 9.17) is 4.52 Å². The first-order valence-corrected chi connectivity index (χ1v) is 3.46. The zero-order chi connectivity index (χ0) is 8.97. The average Bonchev–Trinajstić information content (AvgIpc) is 2.52. The smallest absolute Gasteiger partial charge is 0.360 e. The Morgan fingerprint density at radius 3 is 3.17 bits per heavy atom. The molecule has 0 saturated carbocycles. The van der Waals surface area contributed by atoms with Crippen molar-refractivity contribution < 1.29 is 14.1 Å². The lowest BCUT2D eigenvalue weighted by molar-refractivity contribution is 0.0589. The highest BCUT2D eigenvalue weighted by Gasteiger charge is 2.11. The van der Waals surface area contributed by atoms with Crippen molar-refractivity contribution in [2.45, 2.75) is 6.54 Å². The van der Waals surface area contributed by atoms with E-state index in [1.165, 1.54) is 7.11 Å². The molecule has 0 unspecified atom stereocenters. The van der Waals surface area contributed by atoms with E-state index in [-0.39, 0.29) is 5.69 Å². The van der Waals surface area contributed by atoms with Crippen molar-refractivity contribution in [1.29, 1.82) is 0 Å². The highest BCUT2D eigenvalue weighted by molar-refractivity contribution is 5.86. The predicted octanol–water partition coefficient (Wildman–Crippen LogP) is 0.181. The molecule has 1 aromatic rings. The van der Waals surface area contributed by atoms with Crippen LogP contribution in [0.4, 0.5) is 0 Å². The number of methoxy groups -OCH3 is 1. The zero-order valence-electron chi connectivity index (χ0n) is 6.96. The van der Waals surface area contributed by atoms with Gasteiger partial charge in [0.05, 0.1) is 13.7 Å². The van der Waals surface area contributed by atoms with Crippen LogP contribution >= 0.6 is 0 Å². The molecule has 0 radical (unpaired) electrons. The molecule has 66 valence electrons. The topological polar surface area (TPSA) is 64.4 Å². The van der Waals surface area contributed by atoms with Crippen LogP contribution in [0, 0.1) is 0 Å². The van der Waals surface area contributed by atoms with Crippen molar-refractivity contribution in [2.75, 3.05) is 14.2 Å². The van der Waals surface area contributed by atoms with Gasteiger partial charge < -0.3 is 14.6 Å². The minimum absolute atomic E-state index is 0.197. The van der Waals surface area contributed by atoms with Gasteiger partial charge in [0.15, 0.2) is 11.5 Å². The van der Waals surface area contributed by atoms with E-state index in [9.17, 15) is 4.79 Å². The third kappa shape index (κ3) is 1.82. The highest BCUT2D eigenvalue weighted by atomic mass is 16.5. The SMILES string of the molecule is CNCc1cc(C(=O)OC)no1. The first-order chi connectivity index (χ1) is 5.77. The molecule has 1 rings (SSSR count). The van der Waals surface area contributed by atoms with Gasteiger partial charge in [0.25, 0.3) is 0 Å². The summed E-state index contributed by atoms with van der Waals surface area (Å²) in [4.78, 5) is 10.9. The molecule has 5 heteroatoms. The van der Waals surface area contributed by atoms with Crippen LogP contribution in [-0.4, -0.2) is 25.3 Å². The normalized spacial score (nSPS) is 9.83. The Morgan fingerprint density at radius 1 is 1.83 bits per heavy atom. The van der Waals surface area contributed by atoms with Crippen molar-refractivity contribution in [1.82, 2.24) is 10.5 Å². The Labute approximate surface area is 69.7 Å². The van der Waals surface area contributed by atoms with E-state index in [0.717, 1.165) is 0 Å². The molecule has 0 aliphatic carbocycles. The van der Waals surface area contributed by atoms with Crippen LogP contribution in [0.2, 0.25) is 0 Å². The number of ether oxygens (including phenoxy) is 1. The first kappa shape index (κ1) is 8.73. The second-order valence-corrected chi connectivity index (χ2v) is 2.20. The molecule has 1 heterocycles. The van der Waals surface area contributed by atoms with Crippen LogP contribution in [0.1, 0.15) is 16.2 Å². The lowest BCUT2D eigenvalue weighted by atomic mass is 10.3. The second-order valence-electron chi connectivity index (χ2n) is 2.20. The quantitative estimate of drug-likeness (QED) is 0.655. The van der Waals surface area contributed by atoms with Crippen molar-refractivity contribution >= 4 is 5.97 Å². The van der Waals surface area contributed by atoms with E-state index in [2.05, 4.69) is 15.2 Å². The summed E-state index contributed by atoms with van der Waals surface area (Å²) in [5.74, 6) is 0.124. The number of carbonyl (C=O) groups excluding carboxylic acids is 1. The summed E-state index contributed by atoms with van der Waals surface area (Å²) in [6, 6.07) is 1.54.